The van der Waals surface area contributed by atoms with E-state index in [9.17, 15) is 24.2 Å². The Morgan fingerprint density at radius 2 is 1.77 bits per heavy atom. The molecule has 14 nitrogen and oxygen atoms in total. The van der Waals surface area contributed by atoms with Crippen molar-refractivity contribution in [1.82, 2.24) is 19.5 Å². The SMILES string of the molecule is CO[C@H](COP(=O)(O)CP(=O)(O)O)[C@@H](O)[C@@H](O)n1cnc2c(NCc3ccc(C)cc3)ncnc21. The summed E-state index contributed by atoms with van der Waals surface area (Å²) in [5, 5.41) is 24.5. The van der Waals surface area contributed by atoms with Crippen molar-refractivity contribution in [2.45, 2.75) is 31.9 Å². The van der Waals surface area contributed by atoms with E-state index in [1.54, 1.807) is 0 Å². The molecule has 3 aromatic rings. The minimum atomic E-state index is -4.82. The second-order valence-electron chi connectivity index (χ2n) is 7.80. The van der Waals surface area contributed by atoms with E-state index in [0.717, 1.165) is 18.2 Å². The molecule has 4 atom stereocenters. The second kappa shape index (κ2) is 11.2. The van der Waals surface area contributed by atoms with Crippen molar-refractivity contribution in [3.63, 3.8) is 0 Å². The Kier molecular flexibility index (Phi) is 8.76. The number of aliphatic hydroxyl groups is 2. The van der Waals surface area contributed by atoms with Crippen LogP contribution in [0.2, 0.25) is 0 Å². The van der Waals surface area contributed by atoms with Gasteiger partial charge in [0.2, 0.25) is 0 Å². The molecule has 0 amide bonds. The molecule has 2 heterocycles. The molecule has 192 valence electrons. The van der Waals surface area contributed by atoms with Crippen molar-refractivity contribution in [3.05, 3.63) is 48.0 Å². The predicted molar refractivity (Wildman–Crippen MR) is 125 cm³/mol. The number of hydrogen-bond acceptors (Lipinski definition) is 10. The first-order valence-corrected chi connectivity index (χ1v) is 13.8. The Morgan fingerprint density at radius 3 is 2.40 bits per heavy atom. The zero-order valence-corrected chi connectivity index (χ0v) is 20.7. The molecule has 0 aliphatic carbocycles. The highest BCUT2D eigenvalue weighted by Crippen LogP contribution is 2.55. The van der Waals surface area contributed by atoms with E-state index in [0.29, 0.717) is 17.9 Å². The molecule has 16 heteroatoms. The van der Waals surface area contributed by atoms with Crippen LogP contribution in [0.1, 0.15) is 17.4 Å². The zero-order chi connectivity index (χ0) is 25.8. The Balaban J connectivity index is 1.72. The zero-order valence-electron chi connectivity index (χ0n) is 18.9. The van der Waals surface area contributed by atoms with Crippen molar-refractivity contribution in [3.8, 4) is 0 Å². The quantitative estimate of drug-likeness (QED) is 0.180. The van der Waals surface area contributed by atoms with Gasteiger partial charge in [0.05, 0.1) is 12.9 Å². The molecule has 6 N–H and O–H groups in total. The number of ether oxygens (including phenoxy) is 1. The molecule has 0 fully saturated rings. The number of aromatic nitrogens is 4. The average Bonchev–Trinajstić information content (AvgIpc) is 3.21. The minimum Gasteiger partial charge on any atom is -0.386 e. The summed E-state index contributed by atoms with van der Waals surface area (Å²) >= 11 is 0. The van der Waals surface area contributed by atoms with Crippen LogP contribution in [0.3, 0.4) is 0 Å². The summed E-state index contributed by atoms with van der Waals surface area (Å²) in [4.78, 5) is 39.9. The highest BCUT2D eigenvalue weighted by Gasteiger charge is 2.35. The van der Waals surface area contributed by atoms with E-state index in [1.807, 2.05) is 31.2 Å². The molecule has 0 aliphatic heterocycles. The number of hydrogen-bond donors (Lipinski definition) is 6. The van der Waals surface area contributed by atoms with E-state index in [-0.39, 0.29) is 5.65 Å². The Labute approximate surface area is 200 Å². The van der Waals surface area contributed by atoms with Crippen LogP contribution >= 0.6 is 15.2 Å². The summed E-state index contributed by atoms with van der Waals surface area (Å²) in [5.41, 5.74) is 2.67. The van der Waals surface area contributed by atoms with Crippen LogP contribution in [0.25, 0.3) is 11.2 Å². The molecular formula is C19H27N5O9P2. The molecule has 0 saturated heterocycles. The number of aliphatic hydroxyl groups excluding tert-OH is 2. The van der Waals surface area contributed by atoms with E-state index >= 15 is 0 Å². The van der Waals surface area contributed by atoms with E-state index in [4.69, 9.17) is 19.0 Å². The average molecular weight is 531 g/mol. The summed E-state index contributed by atoms with van der Waals surface area (Å²) in [7, 11) is -8.33. The molecule has 1 aromatic carbocycles. The standard InChI is InChI=1S/C19H27N5O9P2/c1-12-3-5-13(6-4-12)7-20-17-15-18(22-9-21-17)24(10-23-15)19(26)16(25)14(32-2)8-33-35(30,31)11-34(27,28)29/h3-6,9-10,14,16,19,25-26H,7-8,11H2,1-2H3,(H,30,31)(H,20,21,22)(H2,27,28,29)/t14-,16-,19-/m1/s1. The van der Waals surface area contributed by atoms with Gasteiger partial charge in [-0.2, -0.15) is 0 Å². The molecule has 0 spiro atoms. The molecule has 0 saturated carbocycles. The third kappa shape index (κ3) is 7.37. The van der Waals surface area contributed by atoms with Gasteiger partial charge >= 0.3 is 15.2 Å². The second-order valence-corrected chi connectivity index (χ2v) is 11.8. The number of benzene rings is 1. The van der Waals surface area contributed by atoms with Gasteiger partial charge in [0.1, 0.15) is 18.5 Å². The summed E-state index contributed by atoms with van der Waals surface area (Å²) in [6, 6.07) is 7.91. The molecule has 1 unspecified atom stereocenters. The van der Waals surface area contributed by atoms with Gasteiger partial charge < -0.3 is 39.5 Å². The normalized spacial score (nSPS) is 16.5. The van der Waals surface area contributed by atoms with Crippen LogP contribution in [0, 0.1) is 6.92 Å². The van der Waals surface area contributed by atoms with E-state index in [2.05, 4.69) is 20.3 Å². The first-order chi connectivity index (χ1) is 16.4. The van der Waals surface area contributed by atoms with Gasteiger partial charge in [-0.25, -0.2) is 15.0 Å². The minimum absolute atomic E-state index is 0.197. The third-order valence-electron chi connectivity index (χ3n) is 5.02. The lowest BCUT2D eigenvalue weighted by Crippen LogP contribution is -2.39. The first-order valence-electron chi connectivity index (χ1n) is 10.3. The van der Waals surface area contributed by atoms with Crippen molar-refractivity contribution in [2.75, 3.05) is 24.9 Å². The van der Waals surface area contributed by atoms with Crippen molar-refractivity contribution >= 4 is 32.2 Å². The predicted octanol–water partition coefficient (Wildman–Crippen LogP) is 0.951. The van der Waals surface area contributed by atoms with Crippen LogP contribution in [-0.2, 0) is 24.9 Å². The number of aryl methyl sites for hydroxylation is 1. The van der Waals surface area contributed by atoms with Crippen LogP contribution in [0.4, 0.5) is 5.82 Å². The number of imidazole rings is 1. The molecule has 3 rings (SSSR count). The van der Waals surface area contributed by atoms with Crippen LogP contribution < -0.4 is 5.32 Å². The molecule has 2 aromatic heterocycles. The van der Waals surface area contributed by atoms with Gasteiger partial charge in [0.15, 0.2) is 29.1 Å². The van der Waals surface area contributed by atoms with Gasteiger partial charge in [-0.15, -0.1) is 0 Å². The number of methoxy groups -OCH3 is 1. The number of rotatable bonds is 12. The number of fused-ring (bicyclic) bond motifs is 1. The van der Waals surface area contributed by atoms with Gasteiger partial charge in [0, 0.05) is 13.7 Å². The van der Waals surface area contributed by atoms with Crippen molar-refractivity contribution < 1.29 is 43.3 Å². The van der Waals surface area contributed by atoms with Crippen molar-refractivity contribution in [1.29, 1.82) is 0 Å². The summed E-state index contributed by atoms with van der Waals surface area (Å²) in [6.07, 6.45) is -2.18. The largest absolute Gasteiger partial charge is 0.386 e. The van der Waals surface area contributed by atoms with Gasteiger partial charge in [0.25, 0.3) is 0 Å². The molecule has 35 heavy (non-hydrogen) atoms. The lowest BCUT2D eigenvalue weighted by molar-refractivity contribution is -0.113. The topological polar surface area (TPSA) is 209 Å². The maximum Gasteiger partial charge on any atom is 0.340 e. The number of nitrogens with one attached hydrogen (secondary N) is 1. The lowest BCUT2D eigenvalue weighted by atomic mass is 10.1. The lowest BCUT2D eigenvalue weighted by Gasteiger charge is -2.27. The third-order valence-corrected chi connectivity index (χ3v) is 8.47. The summed E-state index contributed by atoms with van der Waals surface area (Å²) < 4.78 is 33.8. The Morgan fingerprint density at radius 1 is 1.09 bits per heavy atom. The maximum absolute atomic E-state index is 11.9. The molecular weight excluding hydrogens is 504 g/mol. The molecule has 0 radical (unpaired) electrons. The highest BCUT2D eigenvalue weighted by molar-refractivity contribution is 7.70. The van der Waals surface area contributed by atoms with E-state index < -0.39 is 46.1 Å². The van der Waals surface area contributed by atoms with Gasteiger partial charge in [-0.3, -0.25) is 13.7 Å². The maximum atomic E-state index is 11.9. The van der Waals surface area contributed by atoms with Crippen molar-refractivity contribution in [2.24, 2.45) is 0 Å². The van der Waals surface area contributed by atoms with Gasteiger partial charge in [-0.05, 0) is 12.5 Å². The van der Waals surface area contributed by atoms with Crippen LogP contribution in [0.15, 0.2) is 36.9 Å². The first kappa shape index (κ1) is 27.3. The fourth-order valence-electron chi connectivity index (χ4n) is 3.19. The smallest absolute Gasteiger partial charge is 0.340 e. The summed E-state index contributed by atoms with van der Waals surface area (Å²) in [5.74, 6) is -0.988. The monoisotopic (exact) mass is 531 g/mol. The molecule has 0 aliphatic rings. The summed E-state index contributed by atoms with van der Waals surface area (Å²) in [6.45, 7) is 1.72. The molecule has 0 bridgehead atoms. The Bertz CT molecular complexity index is 1230. The highest BCUT2D eigenvalue weighted by atomic mass is 31.2. The Hall–Kier alpha value is -2.25. The fraction of sp³-hybridized carbons (Fsp3) is 0.421. The van der Waals surface area contributed by atoms with E-state index in [1.165, 1.54) is 17.2 Å². The van der Waals surface area contributed by atoms with Crippen LogP contribution in [0.5, 0.6) is 0 Å². The van der Waals surface area contributed by atoms with Crippen LogP contribution in [-0.4, -0.2) is 76.2 Å². The number of nitrogens with zero attached hydrogens (tertiary/aromatic N) is 4. The number of anilines is 1. The van der Waals surface area contributed by atoms with Gasteiger partial charge in [-0.1, -0.05) is 29.8 Å². The fourth-order valence-corrected chi connectivity index (χ4v) is 5.76.